The van der Waals surface area contributed by atoms with Crippen LogP contribution in [0.1, 0.15) is 27.3 Å². The Kier molecular flexibility index (Phi) is 4.51. The fourth-order valence-electron chi connectivity index (χ4n) is 2.97. The molecule has 3 aromatic carbocycles. The monoisotopic (exact) mass is 369 g/mol. The first-order chi connectivity index (χ1) is 13.6. The zero-order chi connectivity index (χ0) is 19.5. The summed E-state index contributed by atoms with van der Waals surface area (Å²) in [6, 6.07) is 20.9. The van der Waals surface area contributed by atoms with Gasteiger partial charge in [-0.15, -0.1) is 0 Å². The van der Waals surface area contributed by atoms with Crippen molar-refractivity contribution in [2.45, 2.75) is 0 Å². The van der Waals surface area contributed by atoms with Crippen LogP contribution in [0.2, 0.25) is 0 Å². The molecule has 4 rings (SSSR count). The van der Waals surface area contributed by atoms with Crippen LogP contribution in [0.5, 0.6) is 0 Å². The van der Waals surface area contributed by atoms with Gasteiger partial charge >= 0.3 is 0 Å². The molecule has 0 atom stereocenters. The minimum Gasteiger partial charge on any atom is -0.338 e. The molecule has 0 aliphatic heterocycles. The average Bonchev–Trinajstić information content (AvgIpc) is 3.14. The second-order valence-corrected chi connectivity index (χ2v) is 6.20. The molecule has 0 fully saturated rings. The highest BCUT2D eigenvalue weighted by Crippen LogP contribution is 2.21. The van der Waals surface area contributed by atoms with Gasteiger partial charge in [0.05, 0.1) is 21.5 Å². The fourth-order valence-corrected chi connectivity index (χ4v) is 2.97. The topological polar surface area (TPSA) is 88.9 Å². The van der Waals surface area contributed by atoms with Crippen molar-refractivity contribution in [3.05, 3.63) is 105 Å². The van der Waals surface area contributed by atoms with Gasteiger partial charge in [-0.1, -0.05) is 42.5 Å². The highest BCUT2D eigenvalue weighted by Gasteiger charge is 2.12. The number of nitro benzene ring substituents is 1. The number of nitrogens with one attached hydrogen (secondary N) is 1. The molecule has 0 spiro atoms. The number of carbonyl (C=O) groups is 1. The third kappa shape index (κ3) is 3.43. The molecule has 1 N–H and O–H groups in total. The summed E-state index contributed by atoms with van der Waals surface area (Å²) >= 11 is 0. The van der Waals surface area contributed by atoms with Gasteiger partial charge in [-0.25, -0.2) is 4.98 Å². The van der Waals surface area contributed by atoms with Crippen LogP contribution in [0.15, 0.2) is 72.8 Å². The standard InChI is InChI=1S/C22H15N3O3/c26-22(16-7-2-1-3-8-16)17-10-12-18-19(14-17)24-21(23-18)13-11-15-6-4-5-9-20(15)25(27)28/h1-14H,(H,23,24)/b13-11+. The van der Waals surface area contributed by atoms with E-state index in [1.807, 2.05) is 18.2 Å². The van der Waals surface area contributed by atoms with E-state index in [1.54, 1.807) is 60.7 Å². The summed E-state index contributed by atoms with van der Waals surface area (Å²) in [6.07, 6.45) is 3.33. The van der Waals surface area contributed by atoms with Crippen molar-refractivity contribution in [3.63, 3.8) is 0 Å². The number of fused-ring (bicyclic) bond motifs is 1. The van der Waals surface area contributed by atoms with E-state index in [0.29, 0.717) is 28.0 Å². The maximum Gasteiger partial charge on any atom is 0.276 e. The molecule has 0 unspecified atom stereocenters. The van der Waals surface area contributed by atoms with E-state index >= 15 is 0 Å². The Labute approximate surface area is 160 Å². The van der Waals surface area contributed by atoms with Crippen molar-refractivity contribution in [2.75, 3.05) is 0 Å². The van der Waals surface area contributed by atoms with Gasteiger partial charge in [0.25, 0.3) is 5.69 Å². The zero-order valence-electron chi connectivity index (χ0n) is 14.7. The van der Waals surface area contributed by atoms with Gasteiger partial charge in [0.2, 0.25) is 0 Å². The number of rotatable bonds is 5. The number of imidazole rings is 1. The first-order valence-electron chi connectivity index (χ1n) is 8.63. The van der Waals surface area contributed by atoms with Crippen molar-refractivity contribution in [3.8, 4) is 0 Å². The summed E-state index contributed by atoms with van der Waals surface area (Å²) in [6.45, 7) is 0. The van der Waals surface area contributed by atoms with Gasteiger partial charge in [0.15, 0.2) is 5.78 Å². The van der Waals surface area contributed by atoms with E-state index in [-0.39, 0.29) is 11.5 Å². The van der Waals surface area contributed by atoms with Crippen LogP contribution < -0.4 is 0 Å². The number of H-pyrrole nitrogens is 1. The van der Waals surface area contributed by atoms with Gasteiger partial charge in [-0.3, -0.25) is 14.9 Å². The molecule has 6 heteroatoms. The fraction of sp³-hybridized carbons (Fsp3) is 0. The first-order valence-corrected chi connectivity index (χ1v) is 8.63. The highest BCUT2D eigenvalue weighted by atomic mass is 16.6. The Morgan fingerprint density at radius 3 is 2.46 bits per heavy atom. The van der Waals surface area contributed by atoms with Crippen LogP contribution in [0.25, 0.3) is 23.2 Å². The molecule has 0 saturated carbocycles. The molecular weight excluding hydrogens is 354 g/mol. The number of benzene rings is 3. The van der Waals surface area contributed by atoms with Gasteiger partial charge in [-0.05, 0) is 36.4 Å². The average molecular weight is 369 g/mol. The zero-order valence-corrected chi connectivity index (χ0v) is 14.7. The number of hydrogen-bond donors (Lipinski definition) is 1. The Morgan fingerprint density at radius 2 is 1.68 bits per heavy atom. The van der Waals surface area contributed by atoms with Crippen molar-refractivity contribution in [2.24, 2.45) is 0 Å². The molecule has 0 saturated heterocycles. The molecule has 0 radical (unpaired) electrons. The summed E-state index contributed by atoms with van der Waals surface area (Å²) in [5.41, 5.74) is 3.16. The molecule has 6 nitrogen and oxygen atoms in total. The minimum atomic E-state index is -0.417. The second-order valence-electron chi connectivity index (χ2n) is 6.20. The van der Waals surface area contributed by atoms with Crippen molar-refractivity contribution in [1.82, 2.24) is 9.97 Å². The lowest BCUT2D eigenvalue weighted by Gasteiger charge is -2.00. The van der Waals surface area contributed by atoms with Gasteiger partial charge in [0.1, 0.15) is 5.82 Å². The van der Waals surface area contributed by atoms with E-state index < -0.39 is 4.92 Å². The predicted molar refractivity (Wildman–Crippen MR) is 108 cm³/mol. The lowest BCUT2D eigenvalue weighted by molar-refractivity contribution is -0.385. The molecule has 0 aliphatic carbocycles. The lowest BCUT2D eigenvalue weighted by Crippen LogP contribution is -2.00. The molecule has 1 heterocycles. The summed E-state index contributed by atoms with van der Waals surface area (Å²) in [5, 5.41) is 11.1. The number of ketones is 1. The third-order valence-electron chi connectivity index (χ3n) is 4.35. The SMILES string of the molecule is O=C(c1ccccc1)c1ccc2nc(/C=C/c3ccccc3[N+](=O)[O-])[nH]c2c1. The Bertz CT molecular complexity index is 1210. The van der Waals surface area contributed by atoms with E-state index in [9.17, 15) is 14.9 Å². The minimum absolute atomic E-state index is 0.0330. The molecule has 136 valence electrons. The van der Waals surface area contributed by atoms with Gasteiger partial charge < -0.3 is 4.98 Å². The molecule has 0 aliphatic rings. The van der Waals surface area contributed by atoms with E-state index in [1.165, 1.54) is 6.07 Å². The molecule has 28 heavy (non-hydrogen) atoms. The number of nitro groups is 1. The number of nitrogens with zero attached hydrogens (tertiary/aromatic N) is 2. The Morgan fingerprint density at radius 1 is 0.929 bits per heavy atom. The maximum absolute atomic E-state index is 12.6. The van der Waals surface area contributed by atoms with E-state index in [2.05, 4.69) is 9.97 Å². The molecule has 4 aromatic rings. The van der Waals surface area contributed by atoms with Crippen LogP contribution in [-0.2, 0) is 0 Å². The lowest BCUT2D eigenvalue weighted by atomic mass is 10.0. The van der Waals surface area contributed by atoms with Crippen molar-refractivity contribution < 1.29 is 9.72 Å². The molecule has 0 amide bonds. The maximum atomic E-state index is 12.6. The van der Waals surface area contributed by atoms with Gasteiger partial charge in [-0.2, -0.15) is 0 Å². The number of para-hydroxylation sites is 1. The third-order valence-corrected chi connectivity index (χ3v) is 4.35. The first kappa shape index (κ1) is 17.4. The molecule has 1 aromatic heterocycles. The molecule has 0 bridgehead atoms. The van der Waals surface area contributed by atoms with Crippen molar-refractivity contribution in [1.29, 1.82) is 0 Å². The normalized spacial score (nSPS) is 11.1. The van der Waals surface area contributed by atoms with Crippen LogP contribution >= 0.6 is 0 Å². The molecular formula is C22H15N3O3. The summed E-state index contributed by atoms with van der Waals surface area (Å²) in [5.74, 6) is 0.492. The second kappa shape index (κ2) is 7.28. The number of aromatic amines is 1. The van der Waals surface area contributed by atoms with Crippen LogP contribution in [0.3, 0.4) is 0 Å². The van der Waals surface area contributed by atoms with Crippen LogP contribution in [0.4, 0.5) is 5.69 Å². The van der Waals surface area contributed by atoms with Crippen LogP contribution in [-0.4, -0.2) is 20.7 Å². The summed E-state index contributed by atoms with van der Waals surface area (Å²) in [4.78, 5) is 30.9. The summed E-state index contributed by atoms with van der Waals surface area (Å²) in [7, 11) is 0. The quantitative estimate of drug-likeness (QED) is 0.309. The highest BCUT2D eigenvalue weighted by molar-refractivity contribution is 6.10. The predicted octanol–water partition coefficient (Wildman–Crippen LogP) is 4.87. The van der Waals surface area contributed by atoms with Crippen LogP contribution in [0, 0.1) is 10.1 Å². The smallest absolute Gasteiger partial charge is 0.276 e. The Hall–Kier alpha value is -4.06. The van der Waals surface area contributed by atoms with Crippen molar-refractivity contribution >= 4 is 34.7 Å². The Balaban J connectivity index is 1.64. The summed E-state index contributed by atoms with van der Waals surface area (Å²) < 4.78 is 0. The number of hydrogen-bond acceptors (Lipinski definition) is 4. The number of aromatic nitrogens is 2. The van der Waals surface area contributed by atoms with Gasteiger partial charge in [0, 0.05) is 17.2 Å². The largest absolute Gasteiger partial charge is 0.338 e. The number of carbonyl (C=O) groups excluding carboxylic acids is 1. The van der Waals surface area contributed by atoms with E-state index in [0.717, 1.165) is 5.52 Å². The van der Waals surface area contributed by atoms with E-state index in [4.69, 9.17) is 0 Å².